The van der Waals surface area contributed by atoms with Crippen LogP contribution in [-0.2, 0) is 21.7 Å². The van der Waals surface area contributed by atoms with Gasteiger partial charge in [0.05, 0.1) is 18.6 Å². The molecule has 0 unspecified atom stereocenters. The van der Waals surface area contributed by atoms with Crippen LogP contribution in [0.15, 0.2) is 54.6 Å². The van der Waals surface area contributed by atoms with Crippen LogP contribution in [0, 0.1) is 5.92 Å². The van der Waals surface area contributed by atoms with Crippen LogP contribution in [0.25, 0.3) is 0 Å². The minimum atomic E-state index is -0.403. The molecule has 1 saturated carbocycles. The molecule has 1 heterocycles. The molecule has 1 aliphatic heterocycles. The number of hydrogen-bond acceptors (Lipinski definition) is 3. The SMILES string of the molecule is COc1ccccc1C1(NC(=O)[C@H]2CC(=O)N(Cc3ccccc3)C2)CCCC1. The summed E-state index contributed by atoms with van der Waals surface area (Å²) in [5.74, 6) is 0.523. The molecule has 4 rings (SSSR count). The predicted octanol–water partition coefficient (Wildman–Crippen LogP) is 3.63. The van der Waals surface area contributed by atoms with E-state index in [2.05, 4.69) is 5.32 Å². The van der Waals surface area contributed by atoms with Gasteiger partial charge in [0.15, 0.2) is 0 Å². The second-order valence-electron chi connectivity index (χ2n) is 8.14. The largest absolute Gasteiger partial charge is 0.496 e. The van der Waals surface area contributed by atoms with Crippen molar-refractivity contribution >= 4 is 11.8 Å². The summed E-state index contributed by atoms with van der Waals surface area (Å²) in [5.41, 5.74) is 1.72. The van der Waals surface area contributed by atoms with Crippen molar-refractivity contribution in [3.05, 3.63) is 65.7 Å². The van der Waals surface area contributed by atoms with Gasteiger partial charge >= 0.3 is 0 Å². The number of ether oxygens (including phenoxy) is 1. The lowest BCUT2D eigenvalue weighted by atomic mass is 9.86. The summed E-state index contributed by atoms with van der Waals surface area (Å²) in [6.45, 7) is 1.03. The molecule has 0 bridgehead atoms. The van der Waals surface area contributed by atoms with Crippen LogP contribution in [0.3, 0.4) is 0 Å². The topological polar surface area (TPSA) is 58.6 Å². The molecule has 0 radical (unpaired) electrons. The molecule has 2 aliphatic rings. The highest BCUT2D eigenvalue weighted by Crippen LogP contribution is 2.43. The van der Waals surface area contributed by atoms with Gasteiger partial charge < -0.3 is 15.0 Å². The van der Waals surface area contributed by atoms with E-state index in [0.29, 0.717) is 13.1 Å². The molecule has 2 fully saturated rings. The van der Waals surface area contributed by atoms with E-state index >= 15 is 0 Å². The first-order valence-electron chi connectivity index (χ1n) is 10.4. The summed E-state index contributed by atoms with van der Waals surface area (Å²) >= 11 is 0. The Morgan fingerprint density at radius 3 is 2.52 bits per heavy atom. The van der Waals surface area contributed by atoms with Gasteiger partial charge in [0.2, 0.25) is 11.8 Å². The van der Waals surface area contributed by atoms with Crippen LogP contribution < -0.4 is 10.1 Å². The van der Waals surface area contributed by atoms with Gasteiger partial charge in [-0.05, 0) is 24.5 Å². The molecule has 0 spiro atoms. The lowest BCUT2D eigenvalue weighted by molar-refractivity contribution is -0.129. The molecule has 152 valence electrons. The fraction of sp³-hybridized carbons (Fsp3) is 0.417. The molecular formula is C24H28N2O3. The molecule has 0 aromatic heterocycles. The third-order valence-electron chi connectivity index (χ3n) is 6.24. The predicted molar refractivity (Wildman–Crippen MR) is 111 cm³/mol. The number of carbonyl (C=O) groups is 2. The van der Waals surface area contributed by atoms with Crippen molar-refractivity contribution in [2.24, 2.45) is 5.92 Å². The highest BCUT2D eigenvalue weighted by Gasteiger charge is 2.42. The van der Waals surface area contributed by atoms with Gasteiger partial charge in [0, 0.05) is 25.1 Å². The number of carbonyl (C=O) groups excluding carboxylic acids is 2. The van der Waals surface area contributed by atoms with E-state index < -0.39 is 5.54 Å². The molecule has 1 atom stereocenters. The number of amides is 2. The van der Waals surface area contributed by atoms with Gasteiger partial charge in [-0.25, -0.2) is 0 Å². The lowest BCUT2D eigenvalue weighted by Crippen LogP contribution is -2.47. The van der Waals surface area contributed by atoms with Crippen LogP contribution in [0.2, 0.25) is 0 Å². The molecule has 5 heteroatoms. The van der Waals surface area contributed by atoms with Crippen LogP contribution in [0.1, 0.15) is 43.2 Å². The summed E-state index contributed by atoms with van der Waals surface area (Å²) in [5, 5.41) is 3.33. The highest BCUT2D eigenvalue weighted by molar-refractivity contribution is 5.89. The fourth-order valence-corrected chi connectivity index (χ4v) is 4.72. The number of nitrogens with zero attached hydrogens (tertiary/aromatic N) is 1. The molecule has 29 heavy (non-hydrogen) atoms. The molecule has 5 nitrogen and oxygen atoms in total. The highest BCUT2D eigenvalue weighted by atomic mass is 16.5. The van der Waals surface area contributed by atoms with Crippen molar-refractivity contribution in [2.45, 2.75) is 44.2 Å². The van der Waals surface area contributed by atoms with Crippen molar-refractivity contribution in [3.8, 4) is 5.75 Å². The number of likely N-dealkylation sites (tertiary alicyclic amines) is 1. The molecule has 2 amide bonds. The Morgan fingerprint density at radius 2 is 1.79 bits per heavy atom. The Hall–Kier alpha value is -2.82. The number of benzene rings is 2. The van der Waals surface area contributed by atoms with Crippen molar-refractivity contribution in [1.29, 1.82) is 0 Å². The maximum atomic E-state index is 13.2. The van der Waals surface area contributed by atoms with E-state index in [-0.39, 0.29) is 24.2 Å². The Bertz CT molecular complexity index is 875. The third-order valence-corrected chi connectivity index (χ3v) is 6.24. The Labute approximate surface area is 172 Å². The first-order chi connectivity index (χ1) is 14.1. The second kappa shape index (κ2) is 8.27. The minimum absolute atomic E-state index is 0.0262. The molecule has 2 aromatic carbocycles. The summed E-state index contributed by atoms with van der Waals surface area (Å²) in [6, 6.07) is 17.9. The van der Waals surface area contributed by atoms with Crippen LogP contribution in [0.4, 0.5) is 0 Å². The number of hydrogen-bond donors (Lipinski definition) is 1. The normalized spacial score (nSPS) is 20.7. The quantitative estimate of drug-likeness (QED) is 0.817. The van der Waals surface area contributed by atoms with Crippen molar-refractivity contribution in [3.63, 3.8) is 0 Å². The molecule has 1 saturated heterocycles. The summed E-state index contributed by atoms with van der Waals surface area (Å²) in [7, 11) is 1.67. The fourth-order valence-electron chi connectivity index (χ4n) is 4.72. The van der Waals surface area contributed by atoms with E-state index in [1.165, 1.54) is 0 Å². The first-order valence-corrected chi connectivity index (χ1v) is 10.4. The number of para-hydroxylation sites is 1. The first kappa shape index (κ1) is 19.5. The lowest BCUT2D eigenvalue weighted by Gasteiger charge is -2.33. The molecule has 2 aromatic rings. The molecule has 1 aliphatic carbocycles. The Morgan fingerprint density at radius 1 is 1.10 bits per heavy atom. The van der Waals surface area contributed by atoms with Gasteiger partial charge in [-0.3, -0.25) is 9.59 Å². The Balaban J connectivity index is 1.48. The van der Waals surface area contributed by atoms with Gasteiger partial charge in [-0.2, -0.15) is 0 Å². The summed E-state index contributed by atoms with van der Waals surface area (Å²) in [4.78, 5) is 27.5. The maximum Gasteiger partial charge on any atom is 0.226 e. The molecular weight excluding hydrogens is 364 g/mol. The smallest absolute Gasteiger partial charge is 0.226 e. The van der Waals surface area contributed by atoms with Crippen molar-refractivity contribution < 1.29 is 14.3 Å². The maximum absolute atomic E-state index is 13.2. The zero-order chi connectivity index (χ0) is 20.3. The average Bonchev–Trinajstić information content (AvgIpc) is 3.36. The summed E-state index contributed by atoms with van der Waals surface area (Å²) < 4.78 is 5.58. The minimum Gasteiger partial charge on any atom is -0.496 e. The van der Waals surface area contributed by atoms with Gasteiger partial charge in [-0.15, -0.1) is 0 Å². The van der Waals surface area contributed by atoms with Gasteiger partial charge in [-0.1, -0.05) is 61.4 Å². The zero-order valence-corrected chi connectivity index (χ0v) is 16.9. The van der Waals surface area contributed by atoms with E-state index in [9.17, 15) is 9.59 Å². The number of methoxy groups -OCH3 is 1. The van der Waals surface area contributed by atoms with Crippen molar-refractivity contribution in [2.75, 3.05) is 13.7 Å². The van der Waals surface area contributed by atoms with Gasteiger partial charge in [0.1, 0.15) is 5.75 Å². The van der Waals surface area contributed by atoms with Crippen LogP contribution >= 0.6 is 0 Å². The number of nitrogens with one attached hydrogen (secondary N) is 1. The standard InChI is InChI=1S/C24H28N2O3/c1-29-21-12-6-5-11-20(21)24(13-7-8-14-24)25-23(28)19-15-22(27)26(17-19)16-18-9-3-2-4-10-18/h2-6,9-12,19H,7-8,13-17H2,1H3,(H,25,28)/t19-/m0/s1. The molecule has 1 N–H and O–H groups in total. The van der Waals surface area contributed by atoms with Crippen LogP contribution in [0.5, 0.6) is 5.75 Å². The number of rotatable bonds is 6. The second-order valence-corrected chi connectivity index (χ2v) is 8.14. The zero-order valence-electron chi connectivity index (χ0n) is 16.9. The van der Waals surface area contributed by atoms with Crippen molar-refractivity contribution in [1.82, 2.24) is 10.2 Å². The summed E-state index contributed by atoms with van der Waals surface area (Å²) in [6.07, 6.45) is 4.21. The average molecular weight is 392 g/mol. The third kappa shape index (κ3) is 4.00. The van der Waals surface area contributed by atoms with E-state index in [0.717, 1.165) is 42.6 Å². The van der Waals surface area contributed by atoms with Crippen LogP contribution in [-0.4, -0.2) is 30.4 Å². The van der Waals surface area contributed by atoms with Gasteiger partial charge in [0.25, 0.3) is 0 Å². The van der Waals surface area contributed by atoms with E-state index in [4.69, 9.17) is 4.74 Å². The Kier molecular flexibility index (Phi) is 5.56. The monoisotopic (exact) mass is 392 g/mol. The van der Waals surface area contributed by atoms with E-state index in [1.54, 1.807) is 12.0 Å². The van der Waals surface area contributed by atoms with E-state index in [1.807, 2.05) is 54.6 Å².